The molecule has 6 heteroatoms. The molecule has 0 bridgehead atoms. The standard InChI is InChI=1S/C6H16N.BF4/c1-6(2)7(3,4)5;2-1(3,4)5/h6H,1-5H3;/q+1;-1. The van der Waals surface area contributed by atoms with E-state index in [0.717, 1.165) is 10.5 Å². The smallest absolute Gasteiger partial charge is 0.418 e. The van der Waals surface area contributed by atoms with Gasteiger partial charge in [-0.05, 0) is 13.8 Å². The molecule has 0 heterocycles. The van der Waals surface area contributed by atoms with Crippen LogP contribution in [-0.4, -0.2) is 38.9 Å². The Kier molecular flexibility index (Phi) is 5.58. The van der Waals surface area contributed by atoms with Crippen LogP contribution in [-0.2, 0) is 0 Å². The third-order valence-electron chi connectivity index (χ3n) is 1.55. The van der Waals surface area contributed by atoms with Gasteiger partial charge in [0.1, 0.15) is 0 Å². The molecule has 0 aliphatic rings. The first kappa shape index (κ1) is 14.3. The number of nitrogens with zero attached hydrogens (tertiary/aromatic N) is 1. The lowest BCUT2D eigenvalue weighted by molar-refractivity contribution is -0.891. The summed E-state index contributed by atoms with van der Waals surface area (Å²) in [5.74, 6) is 0. The third-order valence-corrected chi connectivity index (χ3v) is 1.55. The predicted molar refractivity (Wildman–Crippen MR) is 43.4 cm³/mol. The van der Waals surface area contributed by atoms with Gasteiger partial charge in [0, 0.05) is 0 Å². The minimum absolute atomic E-state index is 0.736. The minimum atomic E-state index is -6.00. The Morgan fingerprint density at radius 3 is 1.00 bits per heavy atom. The summed E-state index contributed by atoms with van der Waals surface area (Å²) < 4.78 is 40.1. The highest BCUT2D eigenvalue weighted by Gasteiger charge is 2.20. The molecule has 0 aromatic rings. The van der Waals surface area contributed by atoms with Crippen LogP contribution in [0.15, 0.2) is 0 Å². The second-order valence-electron chi connectivity index (χ2n) is 3.70. The third kappa shape index (κ3) is 22.6. The topological polar surface area (TPSA) is 0 Å². The second-order valence-corrected chi connectivity index (χ2v) is 3.70. The highest BCUT2D eigenvalue weighted by molar-refractivity contribution is 6.50. The van der Waals surface area contributed by atoms with Gasteiger partial charge in [0.15, 0.2) is 0 Å². The van der Waals surface area contributed by atoms with Gasteiger partial charge in [0.05, 0.1) is 27.2 Å². The van der Waals surface area contributed by atoms with E-state index in [1.165, 1.54) is 0 Å². The Bertz CT molecular complexity index is 110. The zero-order valence-corrected chi connectivity index (χ0v) is 8.11. The Morgan fingerprint density at radius 2 is 1.00 bits per heavy atom. The van der Waals surface area contributed by atoms with Gasteiger partial charge in [-0.1, -0.05) is 0 Å². The van der Waals surface area contributed by atoms with Crippen LogP contribution in [0.4, 0.5) is 17.3 Å². The van der Waals surface area contributed by atoms with Crippen LogP contribution in [0.3, 0.4) is 0 Å². The molecule has 0 rings (SSSR count). The molecular weight excluding hydrogens is 173 g/mol. The van der Waals surface area contributed by atoms with E-state index in [0.29, 0.717) is 0 Å². The summed E-state index contributed by atoms with van der Waals surface area (Å²) in [7, 11) is 0.597. The number of hydrogen-bond acceptors (Lipinski definition) is 0. The molecule has 0 aliphatic heterocycles. The fraction of sp³-hybridized carbons (Fsp3) is 1.00. The Morgan fingerprint density at radius 1 is 0.917 bits per heavy atom. The molecule has 0 fully saturated rings. The van der Waals surface area contributed by atoms with Crippen LogP contribution >= 0.6 is 0 Å². The van der Waals surface area contributed by atoms with E-state index in [9.17, 15) is 17.3 Å². The van der Waals surface area contributed by atoms with Crippen molar-refractivity contribution in [2.24, 2.45) is 0 Å². The van der Waals surface area contributed by atoms with Crippen molar-refractivity contribution in [1.29, 1.82) is 0 Å². The zero-order chi connectivity index (χ0) is 10.6. The van der Waals surface area contributed by atoms with Crippen molar-refractivity contribution < 1.29 is 21.7 Å². The lowest BCUT2D eigenvalue weighted by Crippen LogP contribution is -2.41. The summed E-state index contributed by atoms with van der Waals surface area (Å²) in [6, 6.07) is 0.736. The Labute approximate surface area is 71.1 Å². The van der Waals surface area contributed by atoms with Gasteiger partial charge in [-0.2, -0.15) is 0 Å². The van der Waals surface area contributed by atoms with Crippen LogP contribution in [0.25, 0.3) is 0 Å². The lowest BCUT2D eigenvalue weighted by Gasteiger charge is -2.28. The minimum Gasteiger partial charge on any atom is -0.418 e. The predicted octanol–water partition coefficient (Wildman–Crippen LogP) is 2.40. The average Bonchev–Trinajstić information content (AvgIpc) is 1.55. The highest BCUT2D eigenvalue weighted by Crippen LogP contribution is 2.06. The van der Waals surface area contributed by atoms with Crippen molar-refractivity contribution in [2.45, 2.75) is 19.9 Å². The van der Waals surface area contributed by atoms with E-state index >= 15 is 0 Å². The fourth-order valence-corrected chi connectivity index (χ4v) is 0. The van der Waals surface area contributed by atoms with Crippen molar-refractivity contribution in [3.63, 3.8) is 0 Å². The van der Waals surface area contributed by atoms with Gasteiger partial charge in [-0.15, -0.1) is 0 Å². The van der Waals surface area contributed by atoms with Crippen LogP contribution < -0.4 is 0 Å². The van der Waals surface area contributed by atoms with Gasteiger partial charge < -0.3 is 21.7 Å². The Balaban J connectivity index is 0. The molecule has 0 saturated heterocycles. The van der Waals surface area contributed by atoms with Crippen molar-refractivity contribution in [1.82, 2.24) is 0 Å². The van der Waals surface area contributed by atoms with Gasteiger partial charge in [-0.25, -0.2) is 0 Å². The first-order valence-electron chi connectivity index (χ1n) is 3.63. The monoisotopic (exact) mass is 189 g/mol. The van der Waals surface area contributed by atoms with Gasteiger partial charge >= 0.3 is 7.25 Å². The van der Waals surface area contributed by atoms with Crippen LogP contribution in [0, 0.1) is 0 Å². The summed E-state index contributed by atoms with van der Waals surface area (Å²) in [5.41, 5.74) is 0. The molecule has 0 aliphatic carbocycles. The number of halogens is 4. The van der Waals surface area contributed by atoms with Gasteiger partial charge in [0.2, 0.25) is 0 Å². The first-order valence-corrected chi connectivity index (χ1v) is 3.63. The largest absolute Gasteiger partial charge is 0.673 e. The van der Waals surface area contributed by atoms with E-state index in [-0.39, 0.29) is 0 Å². The maximum atomic E-state index is 9.75. The summed E-state index contributed by atoms with van der Waals surface area (Å²) in [5, 5.41) is 0. The van der Waals surface area contributed by atoms with Crippen LogP contribution in [0.5, 0.6) is 0 Å². The number of hydrogen-bond donors (Lipinski definition) is 0. The molecule has 0 amide bonds. The molecule has 0 spiro atoms. The number of quaternary nitrogens is 1. The summed E-state index contributed by atoms with van der Waals surface area (Å²) in [6.45, 7) is 4.44. The zero-order valence-electron chi connectivity index (χ0n) is 8.11. The number of rotatable bonds is 1. The SMILES string of the molecule is CC(C)[N+](C)(C)C.F[B-](F)(F)F. The highest BCUT2D eigenvalue weighted by atomic mass is 19.5. The van der Waals surface area contributed by atoms with Crippen LogP contribution in [0.1, 0.15) is 13.8 Å². The van der Waals surface area contributed by atoms with Gasteiger partial charge in [-0.3, -0.25) is 0 Å². The molecule has 12 heavy (non-hydrogen) atoms. The average molecular weight is 189 g/mol. The molecule has 0 N–H and O–H groups in total. The normalized spacial score (nSPS) is 12.5. The first-order chi connectivity index (χ1) is 4.94. The Hall–Kier alpha value is -0.255. The fourth-order valence-electron chi connectivity index (χ4n) is 0. The summed E-state index contributed by atoms with van der Waals surface area (Å²) in [6.07, 6.45) is 0. The van der Waals surface area contributed by atoms with Gasteiger partial charge in [0.25, 0.3) is 0 Å². The van der Waals surface area contributed by atoms with Crippen molar-refractivity contribution in [3.05, 3.63) is 0 Å². The van der Waals surface area contributed by atoms with E-state index in [1.54, 1.807) is 0 Å². The molecule has 0 atom stereocenters. The van der Waals surface area contributed by atoms with Crippen molar-refractivity contribution >= 4 is 7.25 Å². The van der Waals surface area contributed by atoms with E-state index in [4.69, 9.17) is 0 Å². The maximum absolute atomic E-state index is 9.75. The molecule has 0 aromatic heterocycles. The van der Waals surface area contributed by atoms with E-state index < -0.39 is 7.25 Å². The molecular formula is C6H16BF4N. The molecule has 0 unspecified atom stereocenters. The molecule has 1 nitrogen and oxygen atoms in total. The molecule has 76 valence electrons. The summed E-state index contributed by atoms with van der Waals surface area (Å²) >= 11 is 0. The summed E-state index contributed by atoms with van der Waals surface area (Å²) in [4.78, 5) is 0. The quantitative estimate of drug-likeness (QED) is 0.337. The van der Waals surface area contributed by atoms with E-state index in [1.807, 2.05) is 0 Å². The van der Waals surface area contributed by atoms with Crippen LogP contribution in [0.2, 0.25) is 0 Å². The van der Waals surface area contributed by atoms with E-state index in [2.05, 4.69) is 35.0 Å². The lowest BCUT2D eigenvalue weighted by atomic mass is 10.3. The molecule has 0 aromatic carbocycles. The molecule has 0 radical (unpaired) electrons. The molecule has 0 saturated carbocycles. The van der Waals surface area contributed by atoms with Crippen molar-refractivity contribution in [3.8, 4) is 0 Å². The second kappa shape index (κ2) is 4.69. The van der Waals surface area contributed by atoms with Crippen molar-refractivity contribution in [2.75, 3.05) is 21.1 Å². The maximum Gasteiger partial charge on any atom is 0.673 e.